The highest BCUT2D eigenvalue weighted by molar-refractivity contribution is 8.00. The van der Waals surface area contributed by atoms with E-state index in [4.69, 9.17) is 5.10 Å². The van der Waals surface area contributed by atoms with Crippen LogP contribution in [-0.2, 0) is 15.0 Å². The van der Waals surface area contributed by atoms with Gasteiger partial charge >= 0.3 is 0 Å². The minimum absolute atomic E-state index is 0.0104. The molecule has 1 unspecified atom stereocenters. The van der Waals surface area contributed by atoms with E-state index in [1.807, 2.05) is 27.8 Å². The van der Waals surface area contributed by atoms with E-state index in [9.17, 15) is 9.59 Å². The van der Waals surface area contributed by atoms with Gasteiger partial charge in [0.2, 0.25) is 11.8 Å². The molecule has 2 amide bonds. The summed E-state index contributed by atoms with van der Waals surface area (Å²) < 4.78 is 1.92. The van der Waals surface area contributed by atoms with Gasteiger partial charge in [0.05, 0.1) is 22.4 Å². The zero-order valence-electron chi connectivity index (χ0n) is 20.8. The van der Waals surface area contributed by atoms with E-state index in [1.165, 1.54) is 4.88 Å². The number of likely N-dealkylation sites (tertiary alicyclic amines) is 1. The Balaban J connectivity index is 1.75. The topological polar surface area (TPSA) is 58.4 Å². The molecule has 2 aliphatic heterocycles. The molecule has 4 heterocycles. The molecule has 1 atom stereocenters. The minimum Gasteiger partial charge on any atom is -0.341 e. The third kappa shape index (κ3) is 4.54. The van der Waals surface area contributed by atoms with Crippen molar-refractivity contribution in [2.24, 2.45) is 0 Å². The Morgan fingerprint density at radius 2 is 1.86 bits per heavy atom. The molecule has 8 heteroatoms. The molecular weight excluding hydrogens is 476 g/mol. The SMILES string of the molecule is Cc1ccccc1-n1nc(C(C)(C)C)c2c1N(CC(=O)N1CCCC1)C(=O)CSC2c1cccs1. The van der Waals surface area contributed by atoms with Crippen LogP contribution < -0.4 is 4.90 Å². The molecule has 3 aromatic rings. The number of benzene rings is 1. The zero-order valence-corrected chi connectivity index (χ0v) is 22.4. The number of rotatable bonds is 4. The second-order valence-electron chi connectivity index (χ2n) is 10.3. The van der Waals surface area contributed by atoms with Gasteiger partial charge in [-0.2, -0.15) is 5.10 Å². The Kier molecular flexibility index (Phi) is 6.53. The Bertz CT molecular complexity index is 1240. The van der Waals surface area contributed by atoms with E-state index in [2.05, 4.69) is 51.3 Å². The Morgan fingerprint density at radius 1 is 1.11 bits per heavy atom. The second-order valence-corrected chi connectivity index (χ2v) is 12.4. The monoisotopic (exact) mass is 508 g/mol. The second kappa shape index (κ2) is 9.47. The highest BCUT2D eigenvalue weighted by atomic mass is 32.2. The van der Waals surface area contributed by atoms with E-state index in [0.717, 1.165) is 54.3 Å². The van der Waals surface area contributed by atoms with Crippen molar-refractivity contribution in [3.63, 3.8) is 0 Å². The third-order valence-electron chi connectivity index (χ3n) is 6.70. The van der Waals surface area contributed by atoms with Crippen molar-refractivity contribution in [1.29, 1.82) is 0 Å². The number of carbonyl (C=O) groups excluding carboxylic acids is 2. The smallest absolute Gasteiger partial charge is 0.242 e. The van der Waals surface area contributed by atoms with Crippen molar-refractivity contribution in [2.45, 2.75) is 51.2 Å². The van der Waals surface area contributed by atoms with Crippen molar-refractivity contribution in [3.8, 4) is 5.69 Å². The Labute approximate surface area is 215 Å². The predicted molar refractivity (Wildman–Crippen MR) is 144 cm³/mol. The fraction of sp³-hybridized carbons (Fsp3) is 0.444. The number of aromatic nitrogens is 2. The highest BCUT2D eigenvalue weighted by Crippen LogP contribution is 2.49. The summed E-state index contributed by atoms with van der Waals surface area (Å²) in [5, 5.41) is 7.24. The molecule has 0 aliphatic carbocycles. The molecule has 35 heavy (non-hydrogen) atoms. The molecule has 0 radical (unpaired) electrons. The number of aryl methyl sites for hydroxylation is 1. The number of thioether (sulfide) groups is 1. The average Bonchev–Trinajstić information content (AvgIpc) is 3.57. The maximum absolute atomic E-state index is 13.7. The molecule has 0 N–H and O–H groups in total. The molecule has 0 saturated carbocycles. The van der Waals surface area contributed by atoms with Crippen molar-refractivity contribution >= 4 is 40.7 Å². The van der Waals surface area contributed by atoms with E-state index in [1.54, 1.807) is 28.0 Å². The number of hydrogen-bond acceptors (Lipinski definition) is 5. The van der Waals surface area contributed by atoms with Crippen molar-refractivity contribution in [1.82, 2.24) is 14.7 Å². The van der Waals surface area contributed by atoms with Crippen molar-refractivity contribution in [3.05, 3.63) is 63.5 Å². The largest absolute Gasteiger partial charge is 0.341 e. The molecule has 1 saturated heterocycles. The van der Waals surface area contributed by atoms with Gasteiger partial charge in [-0.25, -0.2) is 4.68 Å². The average molecular weight is 509 g/mol. The first-order valence-electron chi connectivity index (χ1n) is 12.2. The van der Waals surface area contributed by atoms with Crippen LogP contribution in [0, 0.1) is 6.92 Å². The van der Waals surface area contributed by atoms with Gasteiger partial charge in [0.15, 0.2) is 0 Å². The van der Waals surface area contributed by atoms with Crippen LogP contribution in [0.3, 0.4) is 0 Å². The fourth-order valence-electron chi connectivity index (χ4n) is 4.91. The summed E-state index contributed by atoms with van der Waals surface area (Å²) >= 11 is 3.34. The lowest BCUT2D eigenvalue weighted by molar-refractivity contribution is -0.130. The molecule has 2 aromatic heterocycles. The summed E-state index contributed by atoms with van der Waals surface area (Å²) in [4.78, 5) is 31.8. The number of thiophene rings is 1. The number of anilines is 1. The van der Waals surface area contributed by atoms with Gasteiger partial charge in [0.1, 0.15) is 12.4 Å². The Hall–Kier alpha value is -2.58. The lowest BCUT2D eigenvalue weighted by atomic mass is 9.88. The fourth-order valence-corrected chi connectivity index (χ4v) is 7.08. The normalized spacial score (nSPS) is 18.6. The number of carbonyl (C=O) groups is 2. The molecule has 5 rings (SSSR count). The molecule has 2 aliphatic rings. The molecule has 0 spiro atoms. The van der Waals surface area contributed by atoms with E-state index in [-0.39, 0.29) is 29.0 Å². The van der Waals surface area contributed by atoms with Crippen LogP contribution in [0.2, 0.25) is 0 Å². The number of hydrogen-bond donors (Lipinski definition) is 0. The van der Waals surface area contributed by atoms with Gasteiger partial charge in [-0.05, 0) is 42.8 Å². The lowest BCUT2D eigenvalue weighted by Gasteiger charge is -2.26. The molecule has 0 bridgehead atoms. The number of para-hydroxylation sites is 1. The predicted octanol–water partition coefficient (Wildman–Crippen LogP) is 5.33. The first-order valence-corrected chi connectivity index (χ1v) is 14.1. The molecule has 6 nitrogen and oxygen atoms in total. The quantitative estimate of drug-likeness (QED) is 0.478. The third-order valence-corrected chi connectivity index (χ3v) is 9.02. The summed E-state index contributed by atoms with van der Waals surface area (Å²) in [6, 6.07) is 12.3. The molecule has 1 aromatic carbocycles. The van der Waals surface area contributed by atoms with Crippen LogP contribution in [-0.4, -0.2) is 51.9 Å². The van der Waals surface area contributed by atoms with Gasteiger partial charge in [-0.15, -0.1) is 23.1 Å². The van der Waals surface area contributed by atoms with Crippen LogP contribution in [0.5, 0.6) is 0 Å². The molecule has 1 fully saturated rings. The van der Waals surface area contributed by atoms with Gasteiger partial charge in [-0.3, -0.25) is 14.5 Å². The minimum atomic E-state index is -0.244. The summed E-state index contributed by atoms with van der Waals surface area (Å²) in [6.07, 6.45) is 2.05. The number of amides is 2. The molecule has 184 valence electrons. The first kappa shape index (κ1) is 24.1. The standard InChI is InChI=1S/C27H32N4O2S2/c1-18-10-5-6-11-19(18)31-26-23(25(28-31)27(2,3)4)24(20-12-9-15-34-20)35-17-22(33)30(26)16-21(32)29-13-7-8-14-29/h5-6,9-12,15,24H,7-8,13-14,16-17H2,1-4H3. The van der Waals surface area contributed by atoms with Crippen molar-refractivity contribution < 1.29 is 9.59 Å². The van der Waals surface area contributed by atoms with Gasteiger partial charge in [0.25, 0.3) is 0 Å². The van der Waals surface area contributed by atoms with Crippen LogP contribution >= 0.6 is 23.1 Å². The summed E-state index contributed by atoms with van der Waals surface area (Å²) in [5.74, 6) is 1.03. The van der Waals surface area contributed by atoms with Crippen LogP contribution in [0.25, 0.3) is 5.69 Å². The lowest BCUT2D eigenvalue weighted by Crippen LogP contribution is -2.43. The first-order chi connectivity index (χ1) is 16.8. The van der Waals surface area contributed by atoms with E-state index >= 15 is 0 Å². The Morgan fingerprint density at radius 3 is 2.51 bits per heavy atom. The van der Waals surface area contributed by atoms with E-state index in [0.29, 0.717) is 5.75 Å². The number of nitrogens with zero attached hydrogens (tertiary/aromatic N) is 4. The van der Waals surface area contributed by atoms with Crippen molar-refractivity contribution in [2.75, 3.05) is 30.3 Å². The summed E-state index contributed by atoms with van der Waals surface area (Å²) in [6.45, 7) is 10.1. The zero-order chi connectivity index (χ0) is 24.7. The van der Waals surface area contributed by atoms with Gasteiger partial charge in [0, 0.05) is 28.9 Å². The van der Waals surface area contributed by atoms with E-state index < -0.39 is 0 Å². The molecular formula is C27H32N4O2S2. The van der Waals surface area contributed by atoms with Crippen LogP contribution in [0.15, 0.2) is 41.8 Å². The number of fused-ring (bicyclic) bond motifs is 1. The maximum Gasteiger partial charge on any atom is 0.242 e. The summed E-state index contributed by atoms with van der Waals surface area (Å²) in [7, 11) is 0. The summed E-state index contributed by atoms with van der Waals surface area (Å²) in [5.41, 5.74) is 3.78. The highest BCUT2D eigenvalue weighted by Gasteiger charge is 2.40. The van der Waals surface area contributed by atoms with Crippen LogP contribution in [0.1, 0.15) is 60.6 Å². The van der Waals surface area contributed by atoms with Gasteiger partial charge < -0.3 is 4.90 Å². The maximum atomic E-state index is 13.7. The van der Waals surface area contributed by atoms with Gasteiger partial charge in [-0.1, -0.05) is 45.0 Å². The van der Waals surface area contributed by atoms with Crippen LogP contribution in [0.4, 0.5) is 5.82 Å².